The predicted molar refractivity (Wildman–Crippen MR) is 302 cm³/mol. The van der Waals surface area contributed by atoms with Crippen LogP contribution in [0.25, 0.3) is 0 Å². The van der Waals surface area contributed by atoms with Gasteiger partial charge in [-0.05, 0) is 57.8 Å². The van der Waals surface area contributed by atoms with Crippen LogP contribution in [-0.4, -0.2) is 37.2 Å². The number of hydrogen-bond acceptors (Lipinski definition) is 6. The Kier molecular flexibility index (Phi) is 57.2. The minimum Gasteiger partial charge on any atom is -0.462 e. The Labute approximate surface area is 435 Å². The van der Waals surface area contributed by atoms with Crippen molar-refractivity contribution in [2.24, 2.45) is 0 Å². The van der Waals surface area contributed by atoms with Crippen LogP contribution in [0.2, 0.25) is 0 Å². The van der Waals surface area contributed by atoms with E-state index in [1.807, 2.05) is 0 Å². The quantitative estimate of drug-likeness (QED) is 0.0261. The number of unbranched alkanes of at least 4 members (excludes halogenated alkanes) is 40. The molecule has 0 N–H and O–H groups in total. The van der Waals surface area contributed by atoms with Gasteiger partial charge in [0.15, 0.2) is 6.10 Å². The lowest BCUT2D eigenvalue weighted by molar-refractivity contribution is -0.167. The van der Waals surface area contributed by atoms with Crippen LogP contribution in [0.15, 0.2) is 36.5 Å². The summed E-state index contributed by atoms with van der Waals surface area (Å²) >= 11 is 0. The average Bonchev–Trinajstić information content (AvgIpc) is 3.36. The summed E-state index contributed by atoms with van der Waals surface area (Å²) in [5.74, 6) is -0.850. The maximum Gasteiger partial charge on any atom is 0.306 e. The molecule has 0 aliphatic heterocycles. The summed E-state index contributed by atoms with van der Waals surface area (Å²) in [5, 5.41) is 0. The Hall–Kier alpha value is -2.37. The van der Waals surface area contributed by atoms with Crippen molar-refractivity contribution in [3.8, 4) is 0 Å². The van der Waals surface area contributed by atoms with Crippen molar-refractivity contribution in [1.29, 1.82) is 0 Å². The second-order valence-electron chi connectivity index (χ2n) is 21.0. The van der Waals surface area contributed by atoms with Crippen LogP contribution in [-0.2, 0) is 28.6 Å². The van der Waals surface area contributed by atoms with E-state index in [-0.39, 0.29) is 31.1 Å². The lowest BCUT2D eigenvalue weighted by Crippen LogP contribution is -2.30. The lowest BCUT2D eigenvalue weighted by atomic mass is 10.0. The molecule has 0 radical (unpaired) electrons. The van der Waals surface area contributed by atoms with Crippen LogP contribution in [0.3, 0.4) is 0 Å². The van der Waals surface area contributed by atoms with Crippen molar-refractivity contribution in [2.45, 2.75) is 341 Å². The molecule has 0 rings (SSSR count). The zero-order valence-corrected chi connectivity index (χ0v) is 47.1. The van der Waals surface area contributed by atoms with Crippen molar-refractivity contribution < 1.29 is 28.6 Å². The van der Waals surface area contributed by atoms with Crippen molar-refractivity contribution >= 4 is 17.9 Å². The molecule has 6 nitrogen and oxygen atoms in total. The van der Waals surface area contributed by atoms with Crippen molar-refractivity contribution in [2.75, 3.05) is 13.2 Å². The monoisotopic (exact) mass is 983 g/mol. The van der Waals surface area contributed by atoms with Gasteiger partial charge in [0.1, 0.15) is 13.2 Å². The minimum absolute atomic E-state index is 0.0671. The maximum atomic E-state index is 12.8. The molecule has 410 valence electrons. The molecule has 6 heteroatoms. The molecule has 0 aromatic heterocycles. The van der Waals surface area contributed by atoms with E-state index in [1.54, 1.807) is 0 Å². The van der Waals surface area contributed by atoms with Gasteiger partial charge in [0, 0.05) is 19.3 Å². The molecule has 0 aliphatic rings. The van der Waals surface area contributed by atoms with E-state index in [2.05, 4.69) is 57.2 Å². The minimum atomic E-state index is -0.767. The summed E-state index contributed by atoms with van der Waals surface area (Å²) in [4.78, 5) is 38.1. The number of allylic oxidation sites excluding steroid dienone is 6. The summed E-state index contributed by atoms with van der Waals surface area (Å²) in [6.07, 6.45) is 71.5. The Balaban J connectivity index is 4.16. The molecule has 0 saturated heterocycles. The van der Waals surface area contributed by atoms with Gasteiger partial charge in [-0.2, -0.15) is 0 Å². The third-order valence-electron chi connectivity index (χ3n) is 13.9. The lowest BCUT2D eigenvalue weighted by Gasteiger charge is -2.18. The third-order valence-corrected chi connectivity index (χ3v) is 13.9. The van der Waals surface area contributed by atoms with E-state index in [9.17, 15) is 14.4 Å². The summed E-state index contributed by atoms with van der Waals surface area (Å²) in [6, 6.07) is 0. The molecule has 0 aromatic rings. The highest BCUT2D eigenvalue weighted by Crippen LogP contribution is 2.17. The van der Waals surface area contributed by atoms with E-state index in [4.69, 9.17) is 14.2 Å². The Bertz CT molecular complexity index is 1170. The second kappa shape index (κ2) is 59.2. The maximum absolute atomic E-state index is 12.8. The van der Waals surface area contributed by atoms with Gasteiger partial charge in [0.05, 0.1) is 0 Å². The normalized spacial score (nSPS) is 12.2. The molecule has 1 atom stereocenters. The van der Waals surface area contributed by atoms with Crippen molar-refractivity contribution in [3.05, 3.63) is 36.5 Å². The number of carbonyl (C=O) groups is 3. The number of esters is 3. The molecule has 0 saturated carbocycles. The molecule has 0 heterocycles. The molecule has 0 bridgehead atoms. The second-order valence-corrected chi connectivity index (χ2v) is 21.0. The van der Waals surface area contributed by atoms with E-state index < -0.39 is 6.10 Å². The standard InChI is InChI=1S/C64H118O6/c1-4-7-10-13-16-19-22-24-26-27-28-29-30-31-32-33-34-35-36-37-39-40-42-45-48-51-54-57-63(66)69-60-61(59-68-62(65)56-53-50-47-44-21-18-15-12-9-6-3)70-64(67)58-55-52-49-46-43-41-38-25-23-20-17-14-11-8-5-2/h22,24,27-28,30-31,61H,4-21,23,25-26,29,32-60H2,1-3H3/b24-22-,28-27-,31-30-. The van der Waals surface area contributed by atoms with E-state index >= 15 is 0 Å². The smallest absolute Gasteiger partial charge is 0.306 e. The Morgan fingerprint density at radius 2 is 0.514 bits per heavy atom. The van der Waals surface area contributed by atoms with Crippen LogP contribution in [0.1, 0.15) is 335 Å². The van der Waals surface area contributed by atoms with Crippen molar-refractivity contribution in [3.63, 3.8) is 0 Å². The Morgan fingerprint density at radius 3 is 0.800 bits per heavy atom. The first kappa shape index (κ1) is 67.6. The highest BCUT2D eigenvalue weighted by atomic mass is 16.6. The van der Waals surface area contributed by atoms with Crippen LogP contribution in [0.5, 0.6) is 0 Å². The largest absolute Gasteiger partial charge is 0.462 e. The SMILES string of the molecule is CCCCCCC/C=C\C/C=C\C/C=C\CCCCCCCCCCCCCCC(=O)OCC(COC(=O)CCCCCCCCCCCC)OC(=O)CCCCCCCCCCCCCCCCC. The fourth-order valence-electron chi connectivity index (χ4n) is 9.22. The fourth-order valence-corrected chi connectivity index (χ4v) is 9.22. The van der Waals surface area contributed by atoms with Crippen LogP contribution < -0.4 is 0 Å². The van der Waals surface area contributed by atoms with E-state index in [1.165, 1.54) is 225 Å². The molecule has 70 heavy (non-hydrogen) atoms. The molecule has 0 amide bonds. The van der Waals surface area contributed by atoms with Crippen LogP contribution in [0, 0.1) is 0 Å². The van der Waals surface area contributed by atoms with Gasteiger partial charge in [-0.25, -0.2) is 0 Å². The highest BCUT2D eigenvalue weighted by Gasteiger charge is 2.19. The number of hydrogen-bond donors (Lipinski definition) is 0. The molecule has 0 aromatic carbocycles. The first-order valence-electron chi connectivity index (χ1n) is 31.0. The van der Waals surface area contributed by atoms with Gasteiger partial charge >= 0.3 is 17.9 Å². The van der Waals surface area contributed by atoms with Crippen LogP contribution >= 0.6 is 0 Å². The Morgan fingerprint density at radius 1 is 0.286 bits per heavy atom. The van der Waals surface area contributed by atoms with Gasteiger partial charge in [0.2, 0.25) is 0 Å². The first-order chi connectivity index (χ1) is 34.5. The van der Waals surface area contributed by atoms with Gasteiger partial charge in [0.25, 0.3) is 0 Å². The summed E-state index contributed by atoms with van der Waals surface area (Å²) in [5.41, 5.74) is 0. The number of rotatable bonds is 57. The zero-order chi connectivity index (χ0) is 50.7. The first-order valence-corrected chi connectivity index (χ1v) is 31.0. The molecular formula is C64H118O6. The summed E-state index contributed by atoms with van der Waals surface area (Å²) in [7, 11) is 0. The number of carbonyl (C=O) groups excluding carboxylic acids is 3. The summed E-state index contributed by atoms with van der Waals surface area (Å²) < 4.78 is 16.9. The highest BCUT2D eigenvalue weighted by molar-refractivity contribution is 5.71. The van der Waals surface area contributed by atoms with E-state index in [0.717, 1.165) is 70.6 Å². The molecule has 0 fully saturated rings. The van der Waals surface area contributed by atoms with Crippen LogP contribution in [0.4, 0.5) is 0 Å². The van der Waals surface area contributed by atoms with Gasteiger partial charge in [-0.1, -0.05) is 295 Å². The topological polar surface area (TPSA) is 78.9 Å². The van der Waals surface area contributed by atoms with Crippen molar-refractivity contribution in [1.82, 2.24) is 0 Å². The predicted octanol–water partition coefficient (Wildman–Crippen LogP) is 20.8. The van der Waals surface area contributed by atoms with Gasteiger partial charge in [-0.15, -0.1) is 0 Å². The number of ether oxygens (including phenoxy) is 3. The molecule has 0 aliphatic carbocycles. The molecular weight excluding hydrogens is 865 g/mol. The average molecular weight is 984 g/mol. The van der Waals surface area contributed by atoms with Gasteiger partial charge in [-0.3, -0.25) is 14.4 Å². The fraction of sp³-hybridized carbons (Fsp3) is 0.859. The zero-order valence-electron chi connectivity index (χ0n) is 47.1. The molecule has 0 spiro atoms. The summed E-state index contributed by atoms with van der Waals surface area (Å²) in [6.45, 7) is 6.66. The van der Waals surface area contributed by atoms with E-state index in [0.29, 0.717) is 19.3 Å². The van der Waals surface area contributed by atoms with Gasteiger partial charge < -0.3 is 14.2 Å². The third kappa shape index (κ3) is 56.5. The molecule has 1 unspecified atom stereocenters.